The van der Waals surface area contributed by atoms with Crippen molar-refractivity contribution in [3.63, 3.8) is 0 Å². The molecule has 3 rings (SSSR count). The zero-order chi connectivity index (χ0) is 18.1. The summed E-state index contributed by atoms with van der Waals surface area (Å²) in [5.41, 5.74) is -1.04. The van der Waals surface area contributed by atoms with E-state index in [4.69, 9.17) is 4.74 Å². The van der Waals surface area contributed by atoms with E-state index in [0.717, 1.165) is 44.6 Å². The van der Waals surface area contributed by atoms with Gasteiger partial charge < -0.3 is 9.64 Å². The van der Waals surface area contributed by atoms with Gasteiger partial charge in [0.1, 0.15) is 5.69 Å². The molecule has 25 heavy (non-hydrogen) atoms. The third-order valence-electron chi connectivity index (χ3n) is 5.22. The molecule has 1 spiro atoms. The summed E-state index contributed by atoms with van der Waals surface area (Å²) in [5.74, 6) is -0.356. The highest BCUT2D eigenvalue weighted by atomic mass is 19.4. The molecule has 0 bridgehead atoms. The Balaban J connectivity index is 1.73. The number of ether oxygens (including phenoxy) is 1. The van der Waals surface area contributed by atoms with Gasteiger partial charge >= 0.3 is 6.18 Å². The number of carbonyl (C=O) groups is 1. The number of alkyl halides is 3. The minimum atomic E-state index is -4.55. The van der Waals surface area contributed by atoms with Crippen LogP contribution in [-0.4, -0.2) is 66.1 Å². The van der Waals surface area contributed by atoms with E-state index >= 15 is 0 Å². The average molecular weight is 357 g/mol. The van der Waals surface area contributed by atoms with Crippen molar-refractivity contribution in [3.8, 4) is 0 Å². The van der Waals surface area contributed by atoms with Gasteiger partial charge in [0, 0.05) is 50.6 Å². The molecular weight excluding hydrogens is 335 g/mol. The number of pyridine rings is 1. The summed E-state index contributed by atoms with van der Waals surface area (Å²) in [5, 5.41) is 0. The lowest BCUT2D eigenvalue weighted by Gasteiger charge is -2.57. The molecule has 3 heterocycles. The van der Waals surface area contributed by atoms with Crippen molar-refractivity contribution < 1.29 is 22.7 Å². The molecule has 0 N–H and O–H groups in total. The molecule has 1 aromatic rings. The van der Waals surface area contributed by atoms with Crippen LogP contribution in [0.25, 0.3) is 0 Å². The van der Waals surface area contributed by atoms with E-state index in [-0.39, 0.29) is 17.0 Å². The topological polar surface area (TPSA) is 45.7 Å². The largest absolute Gasteiger partial charge is 0.433 e. The van der Waals surface area contributed by atoms with Crippen molar-refractivity contribution in [1.82, 2.24) is 14.8 Å². The van der Waals surface area contributed by atoms with Crippen LogP contribution in [0, 0.1) is 0 Å². The molecule has 0 aromatic carbocycles. The van der Waals surface area contributed by atoms with Gasteiger partial charge in [-0.3, -0.25) is 14.7 Å². The van der Waals surface area contributed by atoms with Crippen LogP contribution in [0.1, 0.15) is 35.3 Å². The van der Waals surface area contributed by atoms with E-state index in [1.165, 1.54) is 6.07 Å². The number of amides is 1. The molecule has 1 atom stereocenters. The zero-order valence-electron chi connectivity index (χ0n) is 14.2. The first-order valence-corrected chi connectivity index (χ1v) is 8.42. The second kappa shape index (κ2) is 6.92. The van der Waals surface area contributed by atoms with Gasteiger partial charge in [-0.1, -0.05) is 0 Å². The van der Waals surface area contributed by atoms with Crippen molar-refractivity contribution in [2.45, 2.75) is 31.0 Å². The summed E-state index contributed by atoms with van der Waals surface area (Å²) in [6.45, 7) is 3.54. The molecule has 2 saturated heterocycles. The van der Waals surface area contributed by atoms with Crippen LogP contribution in [-0.2, 0) is 10.9 Å². The quantitative estimate of drug-likeness (QED) is 0.830. The number of rotatable bonds is 4. The number of methoxy groups -OCH3 is 1. The maximum Gasteiger partial charge on any atom is 0.433 e. The van der Waals surface area contributed by atoms with Crippen molar-refractivity contribution in [2.75, 3.05) is 39.9 Å². The Labute approximate surface area is 144 Å². The summed E-state index contributed by atoms with van der Waals surface area (Å²) < 4.78 is 43.6. The molecule has 1 amide bonds. The Kier molecular flexibility index (Phi) is 5.02. The minimum Gasteiger partial charge on any atom is -0.383 e. The molecule has 2 aliphatic rings. The molecule has 2 aliphatic heterocycles. The molecule has 5 nitrogen and oxygen atoms in total. The van der Waals surface area contributed by atoms with E-state index in [0.29, 0.717) is 19.7 Å². The van der Waals surface area contributed by atoms with Gasteiger partial charge in [-0.05, 0) is 31.4 Å². The average Bonchev–Trinajstić information content (AvgIpc) is 2.60. The SMILES string of the molecule is COCCN1CCC12CCCN(C(=O)c1ccnc(C(F)(F)F)c1)C2. The van der Waals surface area contributed by atoms with Crippen LogP contribution in [0.3, 0.4) is 0 Å². The maximum atomic E-state index is 12.8. The molecule has 0 radical (unpaired) electrons. The number of hydrogen-bond acceptors (Lipinski definition) is 4. The van der Waals surface area contributed by atoms with Crippen molar-refractivity contribution in [3.05, 3.63) is 29.6 Å². The highest BCUT2D eigenvalue weighted by molar-refractivity contribution is 5.94. The number of hydrogen-bond donors (Lipinski definition) is 0. The first-order valence-electron chi connectivity index (χ1n) is 8.42. The van der Waals surface area contributed by atoms with E-state index in [1.54, 1.807) is 12.0 Å². The van der Waals surface area contributed by atoms with E-state index in [2.05, 4.69) is 9.88 Å². The predicted molar refractivity (Wildman–Crippen MR) is 85.2 cm³/mol. The number of piperidine rings is 1. The fourth-order valence-electron chi connectivity index (χ4n) is 3.79. The van der Waals surface area contributed by atoms with Gasteiger partial charge in [-0.15, -0.1) is 0 Å². The smallest absolute Gasteiger partial charge is 0.383 e. The highest BCUT2D eigenvalue weighted by Gasteiger charge is 2.47. The Bertz CT molecular complexity index is 638. The Morgan fingerprint density at radius 2 is 2.16 bits per heavy atom. The lowest BCUT2D eigenvalue weighted by molar-refractivity contribution is -0.141. The second-order valence-corrected chi connectivity index (χ2v) is 6.71. The monoisotopic (exact) mass is 357 g/mol. The lowest BCUT2D eigenvalue weighted by atomic mass is 9.77. The third-order valence-corrected chi connectivity index (χ3v) is 5.22. The van der Waals surface area contributed by atoms with Crippen molar-refractivity contribution >= 4 is 5.91 Å². The number of aromatic nitrogens is 1. The summed E-state index contributed by atoms with van der Waals surface area (Å²) in [6, 6.07) is 2.19. The molecule has 1 aromatic heterocycles. The Morgan fingerprint density at radius 3 is 2.80 bits per heavy atom. The van der Waals surface area contributed by atoms with Crippen LogP contribution in [0.2, 0.25) is 0 Å². The van der Waals surface area contributed by atoms with E-state index in [1.807, 2.05) is 0 Å². The van der Waals surface area contributed by atoms with Crippen LogP contribution < -0.4 is 0 Å². The molecule has 0 saturated carbocycles. The van der Waals surface area contributed by atoms with Gasteiger partial charge in [0.2, 0.25) is 0 Å². The van der Waals surface area contributed by atoms with Crippen LogP contribution in [0.5, 0.6) is 0 Å². The molecular formula is C17H22F3N3O2. The fourth-order valence-corrected chi connectivity index (χ4v) is 3.79. The van der Waals surface area contributed by atoms with Gasteiger partial charge in [-0.25, -0.2) is 0 Å². The summed E-state index contributed by atoms with van der Waals surface area (Å²) in [7, 11) is 1.66. The maximum absolute atomic E-state index is 12.8. The number of nitrogens with zero attached hydrogens (tertiary/aromatic N) is 3. The van der Waals surface area contributed by atoms with Gasteiger partial charge in [0.05, 0.1) is 6.61 Å². The predicted octanol–water partition coefficient (Wildman–Crippen LogP) is 2.43. The summed E-state index contributed by atoms with van der Waals surface area (Å²) in [4.78, 5) is 20.0. The normalized spacial score (nSPS) is 24.4. The van der Waals surface area contributed by atoms with Gasteiger partial charge in [-0.2, -0.15) is 13.2 Å². The van der Waals surface area contributed by atoms with Crippen molar-refractivity contribution in [2.24, 2.45) is 0 Å². The highest BCUT2D eigenvalue weighted by Crippen LogP contribution is 2.38. The second-order valence-electron chi connectivity index (χ2n) is 6.71. The molecule has 0 aliphatic carbocycles. The Morgan fingerprint density at radius 1 is 1.36 bits per heavy atom. The molecule has 138 valence electrons. The van der Waals surface area contributed by atoms with Crippen LogP contribution in [0.4, 0.5) is 13.2 Å². The summed E-state index contributed by atoms with van der Waals surface area (Å²) in [6.07, 6.45) is -0.643. The van der Waals surface area contributed by atoms with Gasteiger partial charge in [0.25, 0.3) is 5.91 Å². The number of carbonyl (C=O) groups excluding carboxylic acids is 1. The number of likely N-dealkylation sites (tertiary alicyclic amines) is 2. The van der Waals surface area contributed by atoms with Gasteiger partial charge in [0.15, 0.2) is 0 Å². The van der Waals surface area contributed by atoms with E-state index < -0.39 is 11.9 Å². The third kappa shape index (κ3) is 3.64. The minimum absolute atomic E-state index is 0.0436. The van der Waals surface area contributed by atoms with E-state index in [9.17, 15) is 18.0 Å². The molecule has 8 heteroatoms. The zero-order valence-corrected chi connectivity index (χ0v) is 14.2. The standard InChI is InChI=1S/C17H22F3N3O2/c1-25-10-9-23-8-5-16(23)4-2-7-22(12-16)15(24)13-3-6-21-14(11-13)17(18,19)20/h3,6,11H,2,4-5,7-10,12H2,1H3. The summed E-state index contributed by atoms with van der Waals surface area (Å²) >= 11 is 0. The van der Waals surface area contributed by atoms with Crippen molar-refractivity contribution in [1.29, 1.82) is 0 Å². The first kappa shape index (κ1) is 18.1. The number of halogens is 3. The fraction of sp³-hybridized carbons (Fsp3) is 0.647. The Hall–Kier alpha value is -1.67. The molecule has 1 unspecified atom stereocenters. The van der Waals surface area contributed by atoms with Crippen LogP contribution in [0.15, 0.2) is 18.3 Å². The van der Waals surface area contributed by atoms with Crippen LogP contribution >= 0.6 is 0 Å². The lowest BCUT2D eigenvalue weighted by Crippen LogP contribution is -2.67. The first-order chi connectivity index (χ1) is 11.9. The molecule has 2 fully saturated rings.